The van der Waals surface area contributed by atoms with E-state index in [-0.39, 0.29) is 5.91 Å². The van der Waals surface area contributed by atoms with Crippen LogP contribution in [0.25, 0.3) is 0 Å². The minimum atomic E-state index is 0.0995. The van der Waals surface area contributed by atoms with Gasteiger partial charge < -0.3 is 15.4 Å². The van der Waals surface area contributed by atoms with Gasteiger partial charge in [0, 0.05) is 30.0 Å². The first-order valence-corrected chi connectivity index (χ1v) is 6.64. The number of nitrogens with two attached hydrogens (primary N) is 1. The number of amides is 1. The first-order valence-electron chi connectivity index (χ1n) is 5.85. The van der Waals surface area contributed by atoms with Crippen LogP contribution >= 0.6 is 15.9 Å². The van der Waals surface area contributed by atoms with Gasteiger partial charge in [0.1, 0.15) is 5.75 Å². The number of hydrogen-bond donors (Lipinski definition) is 1. The summed E-state index contributed by atoms with van der Waals surface area (Å²) in [5, 5.41) is 0. The van der Waals surface area contributed by atoms with Crippen molar-refractivity contribution in [3.05, 3.63) is 28.2 Å². The number of rotatable bonds is 6. The molecule has 0 fully saturated rings. The number of nitrogens with zero attached hydrogens (tertiary/aromatic N) is 1. The van der Waals surface area contributed by atoms with E-state index in [0.717, 1.165) is 22.2 Å². The molecule has 1 rings (SSSR count). The van der Waals surface area contributed by atoms with Gasteiger partial charge in [0.25, 0.3) is 0 Å². The molecule has 1 aromatic carbocycles. The van der Waals surface area contributed by atoms with E-state index in [4.69, 9.17) is 10.5 Å². The Labute approximate surface area is 116 Å². The number of carbonyl (C=O) groups excluding carboxylic acids is 1. The highest BCUT2D eigenvalue weighted by Crippen LogP contribution is 2.24. The number of ether oxygens (including phenoxy) is 1. The van der Waals surface area contributed by atoms with Crippen molar-refractivity contribution in [1.82, 2.24) is 4.90 Å². The number of carbonyl (C=O) groups is 1. The first kappa shape index (κ1) is 15.0. The van der Waals surface area contributed by atoms with Gasteiger partial charge in [0.2, 0.25) is 5.91 Å². The standard InChI is InChI=1S/C13H19BrN2O2/c1-16(13(17)4-3-7-15)9-10-8-11(14)5-6-12(10)18-2/h5-6,8H,3-4,7,9,15H2,1-2H3. The van der Waals surface area contributed by atoms with Crippen molar-refractivity contribution >= 4 is 21.8 Å². The van der Waals surface area contributed by atoms with E-state index in [2.05, 4.69) is 15.9 Å². The third kappa shape index (κ3) is 4.31. The quantitative estimate of drug-likeness (QED) is 0.875. The van der Waals surface area contributed by atoms with E-state index in [9.17, 15) is 4.79 Å². The fraction of sp³-hybridized carbons (Fsp3) is 0.462. The van der Waals surface area contributed by atoms with Crippen molar-refractivity contribution in [3.63, 3.8) is 0 Å². The number of methoxy groups -OCH3 is 1. The highest BCUT2D eigenvalue weighted by atomic mass is 79.9. The fourth-order valence-electron chi connectivity index (χ4n) is 1.66. The number of hydrogen-bond acceptors (Lipinski definition) is 3. The molecule has 0 aromatic heterocycles. The van der Waals surface area contributed by atoms with Gasteiger partial charge in [0.05, 0.1) is 7.11 Å². The third-order valence-electron chi connectivity index (χ3n) is 2.67. The molecule has 0 aliphatic rings. The van der Waals surface area contributed by atoms with E-state index in [1.54, 1.807) is 19.1 Å². The topological polar surface area (TPSA) is 55.6 Å². The lowest BCUT2D eigenvalue weighted by atomic mass is 10.2. The van der Waals surface area contributed by atoms with Crippen LogP contribution in [0.3, 0.4) is 0 Å². The summed E-state index contributed by atoms with van der Waals surface area (Å²) >= 11 is 3.42. The largest absolute Gasteiger partial charge is 0.496 e. The van der Waals surface area contributed by atoms with Crippen LogP contribution in [0.15, 0.2) is 22.7 Å². The van der Waals surface area contributed by atoms with Crippen LogP contribution in [0.5, 0.6) is 5.75 Å². The number of benzene rings is 1. The van der Waals surface area contributed by atoms with E-state index in [1.807, 2.05) is 18.2 Å². The molecule has 2 N–H and O–H groups in total. The van der Waals surface area contributed by atoms with Crippen LogP contribution in [0, 0.1) is 0 Å². The molecule has 18 heavy (non-hydrogen) atoms. The minimum Gasteiger partial charge on any atom is -0.496 e. The van der Waals surface area contributed by atoms with Crippen LogP contribution < -0.4 is 10.5 Å². The summed E-state index contributed by atoms with van der Waals surface area (Å²) in [5.41, 5.74) is 6.38. The SMILES string of the molecule is COc1ccc(Br)cc1CN(C)C(=O)CCCN. The van der Waals surface area contributed by atoms with E-state index >= 15 is 0 Å². The monoisotopic (exact) mass is 314 g/mol. The lowest BCUT2D eigenvalue weighted by Crippen LogP contribution is -2.26. The summed E-state index contributed by atoms with van der Waals surface area (Å²) in [6.07, 6.45) is 1.21. The van der Waals surface area contributed by atoms with Gasteiger partial charge in [-0.05, 0) is 31.2 Å². The van der Waals surface area contributed by atoms with Gasteiger partial charge in [-0.15, -0.1) is 0 Å². The van der Waals surface area contributed by atoms with Gasteiger partial charge in [-0.2, -0.15) is 0 Å². The molecule has 0 bridgehead atoms. The Morgan fingerprint density at radius 2 is 2.22 bits per heavy atom. The summed E-state index contributed by atoms with van der Waals surface area (Å²) < 4.78 is 6.26. The highest BCUT2D eigenvalue weighted by Gasteiger charge is 2.11. The van der Waals surface area contributed by atoms with Crippen molar-refractivity contribution in [2.24, 2.45) is 5.73 Å². The van der Waals surface area contributed by atoms with Gasteiger partial charge in [-0.3, -0.25) is 4.79 Å². The maximum atomic E-state index is 11.8. The zero-order chi connectivity index (χ0) is 13.5. The molecular weight excluding hydrogens is 296 g/mol. The summed E-state index contributed by atoms with van der Waals surface area (Å²) in [5.74, 6) is 0.888. The number of halogens is 1. The normalized spacial score (nSPS) is 10.2. The molecule has 4 nitrogen and oxygen atoms in total. The van der Waals surface area contributed by atoms with Gasteiger partial charge >= 0.3 is 0 Å². The molecule has 0 aliphatic heterocycles. The Morgan fingerprint density at radius 3 is 2.83 bits per heavy atom. The van der Waals surface area contributed by atoms with Crippen molar-refractivity contribution in [2.45, 2.75) is 19.4 Å². The molecule has 0 unspecified atom stereocenters. The van der Waals surface area contributed by atoms with Crippen LogP contribution in [-0.2, 0) is 11.3 Å². The Hall–Kier alpha value is -1.07. The fourth-order valence-corrected chi connectivity index (χ4v) is 2.07. The van der Waals surface area contributed by atoms with Crippen molar-refractivity contribution < 1.29 is 9.53 Å². The van der Waals surface area contributed by atoms with E-state index in [1.165, 1.54) is 0 Å². The maximum absolute atomic E-state index is 11.8. The van der Waals surface area contributed by atoms with Crippen LogP contribution in [0.4, 0.5) is 0 Å². The zero-order valence-electron chi connectivity index (χ0n) is 10.8. The lowest BCUT2D eigenvalue weighted by molar-refractivity contribution is -0.130. The second-order valence-corrected chi connectivity index (χ2v) is 5.01. The molecule has 0 radical (unpaired) electrons. The molecule has 100 valence electrons. The second kappa shape index (κ2) is 7.38. The average molecular weight is 315 g/mol. The van der Waals surface area contributed by atoms with E-state index in [0.29, 0.717) is 19.5 Å². The van der Waals surface area contributed by atoms with Gasteiger partial charge in [-0.1, -0.05) is 15.9 Å². The molecule has 0 atom stereocenters. The molecule has 0 heterocycles. The van der Waals surface area contributed by atoms with Crippen LogP contribution in [0.2, 0.25) is 0 Å². The lowest BCUT2D eigenvalue weighted by Gasteiger charge is -2.19. The minimum absolute atomic E-state index is 0.0995. The molecule has 5 heteroatoms. The Balaban J connectivity index is 2.71. The predicted molar refractivity (Wildman–Crippen MR) is 75.5 cm³/mol. The van der Waals surface area contributed by atoms with Crippen LogP contribution in [0.1, 0.15) is 18.4 Å². The van der Waals surface area contributed by atoms with Crippen LogP contribution in [-0.4, -0.2) is 31.5 Å². The maximum Gasteiger partial charge on any atom is 0.222 e. The molecule has 0 spiro atoms. The highest BCUT2D eigenvalue weighted by molar-refractivity contribution is 9.10. The summed E-state index contributed by atoms with van der Waals surface area (Å²) in [7, 11) is 3.42. The Bertz CT molecular complexity index is 410. The molecule has 1 aromatic rings. The third-order valence-corrected chi connectivity index (χ3v) is 3.16. The summed E-state index contributed by atoms with van der Waals surface area (Å²) in [4.78, 5) is 13.5. The molecule has 0 aliphatic carbocycles. The first-order chi connectivity index (χ1) is 8.58. The average Bonchev–Trinajstić information content (AvgIpc) is 2.36. The van der Waals surface area contributed by atoms with Gasteiger partial charge in [0.15, 0.2) is 0 Å². The summed E-state index contributed by atoms with van der Waals surface area (Å²) in [6.45, 7) is 1.08. The predicted octanol–water partition coefficient (Wildman–Crippen LogP) is 2.15. The summed E-state index contributed by atoms with van der Waals surface area (Å²) in [6, 6.07) is 5.77. The zero-order valence-corrected chi connectivity index (χ0v) is 12.4. The molecular formula is C13H19BrN2O2. The second-order valence-electron chi connectivity index (χ2n) is 4.10. The van der Waals surface area contributed by atoms with Gasteiger partial charge in [-0.25, -0.2) is 0 Å². The van der Waals surface area contributed by atoms with Crippen molar-refractivity contribution in [2.75, 3.05) is 20.7 Å². The molecule has 0 saturated heterocycles. The Kier molecular flexibility index (Phi) is 6.15. The van der Waals surface area contributed by atoms with E-state index < -0.39 is 0 Å². The van der Waals surface area contributed by atoms with Crippen molar-refractivity contribution in [1.29, 1.82) is 0 Å². The smallest absolute Gasteiger partial charge is 0.222 e. The Morgan fingerprint density at radius 1 is 1.50 bits per heavy atom. The van der Waals surface area contributed by atoms with Crippen molar-refractivity contribution in [3.8, 4) is 5.75 Å². The molecule has 0 saturated carbocycles. The molecule has 1 amide bonds.